The molecule has 0 saturated carbocycles. The van der Waals surface area contributed by atoms with Crippen molar-refractivity contribution in [3.8, 4) is 0 Å². The van der Waals surface area contributed by atoms with E-state index < -0.39 is 23.3 Å². The van der Waals surface area contributed by atoms with Gasteiger partial charge in [-0.3, -0.25) is 9.59 Å². The van der Waals surface area contributed by atoms with Crippen LogP contribution in [0.4, 0.5) is 0 Å². The second-order valence-corrected chi connectivity index (χ2v) is 6.50. The molecule has 0 amide bonds. The lowest BCUT2D eigenvalue weighted by Crippen LogP contribution is -2.53. The number of carboxylic acids is 2. The van der Waals surface area contributed by atoms with Crippen molar-refractivity contribution in [2.45, 2.75) is 52.5 Å². The first-order valence-electron chi connectivity index (χ1n) is 6.88. The highest BCUT2D eigenvalue weighted by molar-refractivity contribution is 14.1. The van der Waals surface area contributed by atoms with E-state index in [1.807, 2.05) is 17.0 Å². The van der Waals surface area contributed by atoms with E-state index in [0.717, 1.165) is 25.0 Å². The van der Waals surface area contributed by atoms with Crippen molar-refractivity contribution in [3.05, 3.63) is 11.8 Å². The normalized spacial score (nSPS) is 30.0. The van der Waals surface area contributed by atoms with Crippen LogP contribution in [0, 0.1) is 11.3 Å². The van der Waals surface area contributed by atoms with Gasteiger partial charge in [0.15, 0.2) is 0 Å². The molecule has 0 fully saturated rings. The van der Waals surface area contributed by atoms with Crippen molar-refractivity contribution in [2.24, 2.45) is 11.3 Å². The monoisotopic (exact) mass is 395 g/mol. The number of carbonyl (C=O) groups is 2. The highest BCUT2D eigenvalue weighted by Crippen LogP contribution is 2.45. The number of hydrogen-bond donors (Lipinski definition) is 2. The van der Waals surface area contributed by atoms with Crippen LogP contribution in [-0.2, 0) is 9.59 Å². The second-order valence-electron chi connectivity index (χ2n) is 5.46. The Morgan fingerprint density at radius 3 is 2.45 bits per heavy atom. The molecule has 0 aromatic rings. The SMILES string of the molecule is CCCCCC1(C(=O)O)C=C(C)N(I)C(C)C1C(=O)O. The summed E-state index contributed by atoms with van der Waals surface area (Å²) in [5.74, 6) is -3.00. The van der Waals surface area contributed by atoms with E-state index in [1.54, 1.807) is 13.0 Å². The standard InChI is InChI=1S/C14H22INO4/c1-4-5-6-7-14(13(19)20)8-9(2)16(15)10(3)11(14)12(17)18/h8,10-11H,4-7H2,1-3H3,(H,17,18)(H,19,20). The van der Waals surface area contributed by atoms with Gasteiger partial charge in [0.05, 0.1) is 34.8 Å². The maximum absolute atomic E-state index is 11.9. The van der Waals surface area contributed by atoms with Crippen LogP contribution in [0.25, 0.3) is 0 Å². The lowest BCUT2D eigenvalue weighted by molar-refractivity contribution is -0.162. The number of halogens is 1. The fourth-order valence-corrected chi connectivity index (χ4v) is 3.49. The van der Waals surface area contributed by atoms with E-state index in [2.05, 4.69) is 22.9 Å². The fraction of sp³-hybridized carbons (Fsp3) is 0.714. The summed E-state index contributed by atoms with van der Waals surface area (Å²) >= 11 is 2.05. The predicted molar refractivity (Wildman–Crippen MR) is 84.4 cm³/mol. The Morgan fingerprint density at radius 1 is 1.40 bits per heavy atom. The van der Waals surface area contributed by atoms with Crippen LogP contribution in [0.5, 0.6) is 0 Å². The number of nitrogens with zero attached hydrogens (tertiary/aromatic N) is 1. The molecule has 0 aromatic carbocycles. The number of rotatable bonds is 6. The summed E-state index contributed by atoms with van der Waals surface area (Å²) in [6, 6.07) is -0.351. The molecule has 1 aliphatic rings. The Hall–Kier alpha value is -0.790. The largest absolute Gasteiger partial charge is 0.481 e. The van der Waals surface area contributed by atoms with Crippen molar-refractivity contribution in [3.63, 3.8) is 0 Å². The predicted octanol–water partition coefficient (Wildman–Crippen LogP) is 3.30. The number of unbranched alkanes of at least 4 members (excludes halogenated alkanes) is 2. The number of allylic oxidation sites excluding steroid dienone is 1. The zero-order valence-corrected chi connectivity index (χ0v) is 14.3. The molecular weight excluding hydrogens is 373 g/mol. The van der Waals surface area contributed by atoms with Gasteiger partial charge >= 0.3 is 11.9 Å². The summed E-state index contributed by atoms with van der Waals surface area (Å²) in [7, 11) is 0. The maximum Gasteiger partial charge on any atom is 0.314 e. The van der Waals surface area contributed by atoms with E-state index in [1.165, 1.54) is 0 Å². The van der Waals surface area contributed by atoms with Crippen molar-refractivity contribution in [1.82, 2.24) is 3.11 Å². The molecule has 5 nitrogen and oxygen atoms in total. The van der Waals surface area contributed by atoms with Gasteiger partial charge in [-0.15, -0.1) is 0 Å². The number of aliphatic carboxylic acids is 2. The third-order valence-electron chi connectivity index (χ3n) is 4.06. The number of hydrogen-bond acceptors (Lipinski definition) is 3. The lowest BCUT2D eigenvalue weighted by atomic mass is 9.66. The second kappa shape index (κ2) is 6.78. The first-order chi connectivity index (χ1) is 9.27. The van der Waals surface area contributed by atoms with Gasteiger partial charge in [0.2, 0.25) is 0 Å². The molecule has 20 heavy (non-hydrogen) atoms. The van der Waals surface area contributed by atoms with Gasteiger partial charge in [-0.2, -0.15) is 0 Å². The minimum absolute atomic E-state index is 0.351. The van der Waals surface area contributed by atoms with Gasteiger partial charge in [0.1, 0.15) is 5.41 Å². The average Bonchev–Trinajstić information content (AvgIpc) is 2.35. The first kappa shape index (κ1) is 17.3. The Labute approximate surface area is 133 Å². The molecule has 0 bridgehead atoms. The molecular formula is C14H22INO4. The molecule has 0 radical (unpaired) electrons. The molecule has 0 aromatic heterocycles. The third-order valence-corrected chi connectivity index (χ3v) is 5.70. The molecule has 2 N–H and O–H groups in total. The summed E-state index contributed by atoms with van der Waals surface area (Å²) in [5.41, 5.74) is -0.485. The van der Waals surface area contributed by atoms with Crippen molar-refractivity contribution in [2.75, 3.05) is 0 Å². The Bertz CT molecular complexity index is 423. The Morgan fingerprint density at radius 2 is 2.00 bits per heavy atom. The molecule has 0 saturated heterocycles. The zero-order chi connectivity index (χ0) is 15.5. The van der Waals surface area contributed by atoms with Crippen LogP contribution in [0.3, 0.4) is 0 Å². The van der Waals surface area contributed by atoms with Gasteiger partial charge in [-0.25, -0.2) is 0 Å². The van der Waals surface area contributed by atoms with Crippen LogP contribution in [-0.4, -0.2) is 31.3 Å². The average molecular weight is 395 g/mol. The van der Waals surface area contributed by atoms with Gasteiger partial charge in [0.25, 0.3) is 0 Å². The summed E-state index contributed by atoms with van der Waals surface area (Å²) < 4.78 is 1.82. The molecule has 1 aliphatic heterocycles. The van der Waals surface area contributed by atoms with Crippen molar-refractivity contribution in [1.29, 1.82) is 0 Å². The Balaban J connectivity index is 3.27. The molecule has 1 heterocycles. The molecule has 114 valence electrons. The number of carboxylic acid groups (broad SMARTS) is 2. The molecule has 0 spiro atoms. The van der Waals surface area contributed by atoms with E-state index in [0.29, 0.717) is 6.42 Å². The minimum Gasteiger partial charge on any atom is -0.481 e. The zero-order valence-electron chi connectivity index (χ0n) is 12.1. The summed E-state index contributed by atoms with van der Waals surface area (Å²) in [6.07, 6.45) is 4.63. The molecule has 0 aliphatic carbocycles. The van der Waals surface area contributed by atoms with Crippen molar-refractivity contribution >= 4 is 34.8 Å². The molecule has 3 atom stereocenters. The van der Waals surface area contributed by atoms with E-state index in [9.17, 15) is 19.8 Å². The first-order valence-corrected chi connectivity index (χ1v) is 7.85. The summed E-state index contributed by atoms with van der Waals surface area (Å²) in [4.78, 5) is 23.5. The molecule has 3 unspecified atom stereocenters. The van der Waals surface area contributed by atoms with Gasteiger partial charge in [0, 0.05) is 5.70 Å². The van der Waals surface area contributed by atoms with Gasteiger partial charge in [-0.05, 0) is 26.3 Å². The maximum atomic E-state index is 11.9. The quantitative estimate of drug-likeness (QED) is 0.410. The van der Waals surface area contributed by atoms with Gasteiger partial charge in [-0.1, -0.05) is 26.2 Å². The van der Waals surface area contributed by atoms with Gasteiger partial charge < -0.3 is 13.3 Å². The molecule has 1 rings (SSSR count). The van der Waals surface area contributed by atoms with Crippen LogP contribution < -0.4 is 0 Å². The van der Waals surface area contributed by atoms with Crippen LogP contribution in [0.2, 0.25) is 0 Å². The lowest BCUT2D eigenvalue weighted by Gasteiger charge is -2.44. The van der Waals surface area contributed by atoms with Crippen LogP contribution in [0.1, 0.15) is 46.5 Å². The van der Waals surface area contributed by atoms with E-state index in [4.69, 9.17) is 0 Å². The van der Waals surface area contributed by atoms with E-state index in [-0.39, 0.29) is 6.04 Å². The van der Waals surface area contributed by atoms with Crippen LogP contribution in [0.15, 0.2) is 11.8 Å². The summed E-state index contributed by atoms with van der Waals surface area (Å²) in [5, 5.41) is 19.2. The van der Waals surface area contributed by atoms with Crippen LogP contribution >= 0.6 is 22.9 Å². The Kier molecular flexibility index (Phi) is 5.85. The highest BCUT2D eigenvalue weighted by atomic mass is 127. The topological polar surface area (TPSA) is 77.8 Å². The van der Waals surface area contributed by atoms with Crippen molar-refractivity contribution < 1.29 is 19.8 Å². The van der Waals surface area contributed by atoms with E-state index >= 15 is 0 Å². The highest BCUT2D eigenvalue weighted by Gasteiger charge is 2.54. The minimum atomic E-state index is -1.30. The fourth-order valence-electron chi connectivity index (χ4n) is 3.03. The third kappa shape index (κ3) is 3.10. The molecule has 6 heteroatoms. The summed E-state index contributed by atoms with van der Waals surface area (Å²) in [6.45, 7) is 5.65. The smallest absolute Gasteiger partial charge is 0.314 e.